The van der Waals surface area contributed by atoms with Gasteiger partial charge in [0.05, 0.1) is 6.26 Å². The van der Waals surface area contributed by atoms with E-state index in [0.717, 1.165) is 32.6 Å². The summed E-state index contributed by atoms with van der Waals surface area (Å²) in [5.41, 5.74) is 1.70. The predicted molar refractivity (Wildman–Crippen MR) is 93.4 cm³/mol. The van der Waals surface area contributed by atoms with Crippen LogP contribution < -0.4 is 4.74 Å². The number of benzene rings is 1. The van der Waals surface area contributed by atoms with Gasteiger partial charge in [-0.3, -0.25) is 0 Å². The van der Waals surface area contributed by atoms with E-state index in [-0.39, 0.29) is 0 Å². The van der Waals surface area contributed by atoms with Crippen LogP contribution in [-0.4, -0.2) is 31.9 Å². The number of halogens is 2. The van der Waals surface area contributed by atoms with Crippen LogP contribution >= 0.6 is 27.5 Å². The number of allylic oxidation sites excluding steroid dienone is 2. The molecule has 1 aromatic carbocycles. The molecule has 7 heteroatoms. The van der Waals surface area contributed by atoms with Gasteiger partial charge in [-0.05, 0) is 25.0 Å². The van der Waals surface area contributed by atoms with Gasteiger partial charge in [-0.15, -0.1) is 11.6 Å². The van der Waals surface area contributed by atoms with Gasteiger partial charge in [-0.1, -0.05) is 34.1 Å². The molecule has 0 saturated heterocycles. The lowest BCUT2D eigenvalue weighted by Crippen LogP contribution is -2.29. The van der Waals surface area contributed by atoms with E-state index in [4.69, 9.17) is 16.3 Å². The minimum absolute atomic E-state index is 0.320. The van der Waals surface area contributed by atoms with E-state index < -0.39 is 10.0 Å². The fourth-order valence-electron chi connectivity index (χ4n) is 2.03. The normalized spacial score (nSPS) is 14.4. The van der Waals surface area contributed by atoms with E-state index in [1.54, 1.807) is 0 Å². The highest BCUT2D eigenvalue weighted by atomic mass is 79.9. The van der Waals surface area contributed by atoms with Crippen molar-refractivity contribution in [1.29, 1.82) is 0 Å². The Morgan fingerprint density at radius 1 is 1.32 bits per heavy atom. The van der Waals surface area contributed by atoms with E-state index in [2.05, 4.69) is 15.9 Å². The van der Waals surface area contributed by atoms with E-state index in [1.165, 1.54) is 7.05 Å². The molecule has 0 aromatic heterocycles. The predicted octanol–water partition coefficient (Wildman–Crippen LogP) is 3.98. The molecule has 0 spiro atoms. The lowest BCUT2D eigenvalue weighted by Gasteiger charge is -2.22. The third-order valence-corrected chi connectivity index (χ3v) is 5.21. The molecule has 0 fully saturated rings. The summed E-state index contributed by atoms with van der Waals surface area (Å²) in [6.45, 7) is 0. The zero-order valence-corrected chi connectivity index (χ0v) is 15.5. The molecule has 0 saturated carbocycles. The Kier molecular flexibility index (Phi) is 5.58. The van der Waals surface area contributed by atoms with E-state index >= 15 is 0 Å². The van der Waals surface area contributed by atoms with Crippen molar-refractivity contribution in [3.8, 4) is 5.75 Å². The second-order valence-corrected chi connectivity index (χ2v) is 8.28. The molecule has 0 aliphatic carbocycles. The summed E-state index contributed by atoms with van der Waals surface area (Å²) in [5.74, 6) is 1.43. The third-order valence-electron chi connectivity index (χ3n) is 3.28. The van der Waals surface area contributed by atoms with Crippen LogP contribution in [0, 0.1) is 0 Å². The van der Waals surface area contributed by atoms with Gasteiger partial charge in [0.2, 0.25) is 15.9 Å². The number of fused-ring (bicyclic) bond motifs is 1. The molecule has 2 rings (SSSR count). The Morgan fingerprint density at radius 2 is 2.05 bits per heavy atom. The fraction of sp³-hybridized carbons (Fsp3) is 0.333. The fourth-order valence-corrected chi connectivity index (χ4v) is 2.96. The summed E-state index contributed by atoms with van der Waals surface area (Å²) in [4.78, 5) is 0. The molecule has 0 radical (unpaired) electrons. The van der Waals surface area contributed by atoms with Crippen molar-refractivity contribution in [3.63, 3.8) is 0 Å². The number of ether oxygens (including phenoxy) is 1. The van der Waals surface area contributed by atoms with Crippen molar-refractivity contribution in [1.82, 2.24) is 4.31 Å². The summed E-state index contributed by atoms with van der Waals surface area (Å²) in [7, 11) is -1.93. The number of alkyl halides is 1. The third kappa shape index (κ3) is 4.06. The smallest absolute Gasteiger partial charge is 0.234 e. The minimum Gasteiger partial charge on any atom is -0.439 e. The Balaban J connectivity index is 2.50. The number of rotatable bonds is 5. The molecule has 1 aliphatic heterocycles. The van der Waals surface area contributed by atoms with Gasteiger partial charge in [-0.2, -0.15) is 0 Å². The lowest BCUT2D eigenvalue weighted by atomic mass is 10.1. The lowest BCUT2D eigenvalue weighted by molar-refractivity contribution is 0.317. The number of hydrogen-bond donors (Lipinski definition) is 0. The van der Waals surface area contributed by atoms with Crippen LogP contribution in [0.2, 0.25) is 0 Å². The van der Waals surface area contributed by atoms with Crippen molar-refractivity contribution in [2.24, 2.45) is 0 Å². The second kappa shape index (κ2) is 7.06. The van der Waals surface area contributed by atoms with Crippen molar-refractivity contribution in [2.45, 2.75) is 12.8 Å². The van der Waals surface area contributed by atoms with Gasteiger partial charge >= 0.3 is 0 Å². The van der Waals surface area contributed by atoms with Gasteiger partial charge < -0.3 is 4.74 Å². The van der Waals surface area contributed by atoms with Crippen molar-refractivity contribution in [2.75, 3.05) is 19.2 Å². The SMILES string of the molecule is CN(C1=C(CCCCl)C=Cc2ccc(Br)cc2O1)S(C)(=O)=O. The summed E-state index contributed by atoms with van der Waals surface area (Å²) < 4.78 is 31.7. The van der Waals surface area contributed by atoms with Crippen LogP contribution in [0.4, 0.5) is 0 Å². The maximum atomic E-state index is 11.9. The highest BCUT2D eigenvalue weighted by Crippen LogP contribution is 2.32. The highest BCUT2D eigenvalue weighted by molar-refractivity contribution is 9.10. The first-order valence-corrected chi connectivity index (χ1v) is 9.89. The van der Waals surface area contributed by atoms with Crippen molar-refractivity contribution < 1.29 is 13.2 Å². The molecule has 0 atom stereocenters. The average Bonchev–Trinajstić information content (AvgIpc) is 2.62. The van der Waals surface area contributed by atoms with Gasteiger partial charge in [0.25, 0.3) is 0 Å². The van der Waals surface area contributed by atoms with Crippen LogP contribution in [0.3, 0.4) is 0 Å². The molecule has 1 heterocycles. The van der Waals surface area contributed by atoms with Crippen molar-refractivity contribution >= 4 is 43.6 Å². The summed E-state index contributed by atoms with van der Waals surface area (Å²) >= 11 is 9.16. The largest absolute Gasteiger partial charge is 0.439 e. The van der Waals surface area contributed by atoms with Crippen molar-refractivity contribution in [3.05, 3.63) is 45.8 Å². The quantitative estimate of drug-likeness (QED) is 0.695. The first-order valence-electron chi connectivity index (χ1n) is 6.71. The Hall–Kier alpha value is -0.980. The maximum absolute atomic E-state index is 11.9. The first-order chi connectivity index (χ1) is 10.3. The topological polar surface area (TPSA) is 46.6 Å². The maximum Gasteiger partial charge on any atom is 0.234 e. The second-order valence-electron chi connectivity index (χ2n) is 4.97. The minimum atomic E-state index is -3.42. The Bertz CT molecular complexity index is 728. The molecule has 0 unspecified atom stereocenters. The molecule has 0 amide bonds. The zero-order chi connectivity index (χ0) is 16.3. The summed E-state index contributed by atoms with van der Waals surface area (Å²) in [5, 5.41) is 0. The molecular weight excluding hydrogens is 390 g/mol. The van der Waals surface area contributed by atoms with Crippen LogP contribution in [0.15, 0.2) is 40.2 Å². The van der Waals surface area contributed by atoms with Gasteiger partial charge in [-0.25, -0.2) is 12.7 Å². The molecule has 4 nitrogen and oxygen atoms in total. The first kappa shape index (κ1) is 17.4. The number of hydrogen-bond acceptors (Lipinski definition) is 3. The van der Waals surface area contributed by atoms with Gasteiger partial charge in [0.1, 0.15) is 5.75 Å². The molecule has 1 aromatic rings. The summed E-state index contributed by atoms with van der Waals surface area (Å²) in [6.07, 6.45) is 6.35. The zero-order valence-electron chi connectivity index (χ0n) is 12.3. The van der Waals surface area contributed by atoms with Crippen LogP contribution in [-0.2, 0) is 10.0 Å². The van der Waals surface area contributed by atoms with Gasteiger partial charge in [0.15, 0.2) is 0 Å². The number of nitrogens with zero attached hydrogens (tertiary/aromatic N) is 1. The van der Waals surface area contributed by atoms with Crippen LogP contribution in [0.5, 0.6) is 5.75 Å². The molecule has 22 heavy (non-hydrogen) atoms. The van der Waals surface area contributed by atoms with Crippen LogP contribution in [0.1, 0.15) is 18.4 Å². The molecule has 0 N–H and O–H groups in total. The van der Waals surface area contributed by atoms with E-state index in [1.807, 2.05) is 30.4 Å². The molecule has 0 bridgehead atoms. The molecular formula is C15H17BrClNO3S. The Morgan fingerprint density at radius 3 is 2.68 bits per heavy atom. The molecule has 120 valence electrons. The Labute approximate surface area is 144 Å². The monoisotopic (exact) mass is 405 g/mol. The van der Waals surface area contributed by atoms with E-state index in [9.17, 15) is 8.42 Å². The molecule has 1 aliphatic rings. The summed E-state index contributed by atoms with van der Waals surface area (Å²) in [6, 6.07) is 5.65. The average molecular weight is 407 g/mol. The van der Waals surface area contributed by atoms with Crippen LogP contribution in [0.25, 0.3) is 6.08 Å². The number of sulfonamides is 1. The van der Waals surface area contributed by atoms with Gasteiger partial charge in [0, 0.05) is 28.5 Å². The highest BCUT2D eigenvalue weighted by Gasteiger charge is 2.23. The standard InChI is InChI=1S/C15H17BrClNO3S/c1-18(22(2,19)20)15-12(4-3-9-17)6-5-11-7-8-13(16)10-14(11)21-15/h5-8,10H,3-4,9H2,1-2H3. The van der Waals surface area contributed by atoms with E-state index in [0.29, 0.717) is 23.9 Å².